The first kappa shape index (κ1) is 17.0. The fourth-order valence-electron chi connectivity index (χ4n) is 3.89. The van der Waals surface area contributed by atoms with Crippen LogP contribution in [0.2, 0.25) is 0 Å². The number of fused-ring (bicyclic) bond motifs is 2. The van der Waals surface area contributed by atoms with Crippen molar-refractivity contribution in [3.63, 3.8) is 0 Å². The molecule has 2 heterocycles. The van der Waals surface area contributed by atoms with E-state index in [9.17, 15) is 13.2 Å². The molecule has 136 valence electrons. The second-order valence-corrected chi connectivity index (χ2v) is 9.18. The van der Waals surface area contributed by atoms with Crippen LogP contribution in [0.1, 0.15) is 42.5 Å². The lowest BCUT2D eigenvalue weighted by atomic mass is 10.1. The fraction of sp³-hybridized carbons (Fsp3) is 0.611. The van der Waals surface area contributed by atoms with Crippen LogP contribution in [0, 0.1) is 5.92 Å². The Labute approximate surface area is 149 Å². The molecule has 1 aliphatic carbocycles. The highest BCUT2D eigenvalue weighted by atomic mass is 32.2. The van der Waals surface area contributed by atoms with Gasteiger partial charge in [-0.25, -0.2) is 13.1 Å². The minimum atomic E-state index is -3.55. The van der Waals surface area contributed by atoms with Crippen molar-refractivity contribution in [3.05, 3.63) is 29.8 Å². The van der Waals surface area contributed by atoms with Gasteiger partial charge < -0.3 is 10.2 Å². The average molecular weight is 363 g/mol. The normalized spacial score (nSPS) is 26.5. The molecule has 7 heteroatoms. The minimum Gasteiger partial charge on any atom is -0.331 e. The van der Waals surface area contributed by atoms with Crippen molar-refractivity contribution in [2.75, 3.05) is 19.6 Å². The molecule has 3 aliphatic rings. The van der Waals surface area contributed by atoms with Crippen molar-refractivity contribution in [3.8, 4) is 0 Å². The first-order valence-electron chi connectivity index (χ1n) is 9.18. The molecule has 2 aliphatic heterocycles. The van der Waals surface area contributed by atoms with E-state index in [0.717, 1.165) is 45.2 Å². The van der Waals surface area contributed by atoms with E-state index in [1.54, 1.807) is 18.2 Å². The van der Waals surface area contributed by atoms with E-state index in [0.29, 0.717) is 18.0 Å². The smallest absolute Gasteiger partial charge is 0.254 e. The predicted molar refractivity (Wildman–Crippen MR) is 94.8 cm³/mol. The molecule has 3 fully saturated rings. The quantitative estimate of drug-likeness (QED) is 0.828. The fourth-order valence-corrected chi connectivity index (χ4v) is 5.05. The van der Waals surface area contributed by atoms with Crippen LogP contribution in [0.25, 0.3) is 0 Å². The van der Waals surface area contributed by atoms with Gasteiger partial charge in [0, 0.05) is 30.7 Å². The Balaban J connectivity index is 1.55. The number of benzene rings is 1. The van der Waals surface area contributed by atoms with Crippen molar-refractivity contribution in [2.24, 2.45) is 5.92 Å². The standard InChI is InChI=1S/C18H25N3O3S/c22-18(21-15-6-7-16(21)12-19-9-8-15)14-2-1-3-17(10-14)25(23,24)20-11-13-4-5-13/h1-3,10,13,15-16,19-20H,4-9,11-12H2. The Morgan fingerprint density at radius 1 is 1.16 bits per heavy atom. The van der Waals surface area contributed by atoms with Gasteiger partial charge in [-0.05, 0) is 62.8 Å². The zero-order valence-electron chi connectivity index (χ0n) is 14.3. The van der Waals surface area contributed by atoms with Crippen molar-refractivity contribution in [2.45, 2.75) is 49.1 Å². The van der Waals surface area contributed by atoms with E-state index in [1.807, 2.05) is 4.90 Å². The maximum Gasteiger partial charge on any atom is 0.254 e. The number of hydrogen-bond donors (Lipinski definition) is 2. The van der Waals surface area contributed by atoms with E-state index in [-0.39, 0.29) is 22.9 Å². The molecular weight excluding hydrogens is 338 g/mol. The monoisotopic (exact) mass is 363 g/mol. The predicted octanol–water partition coefficient (Wildman–Crippen LogP) is 1.34. The Kier molecular flexibility index (Phi) is 4.56. The van der Waals surface area contributed by atoms with Gasteiger partial charge >= 0.3 is 0 Å². The van der Waals surface area contributed by atoms with Gasteiger partial charge in [-0.1, -0.05) is 6.07 Å². The molecule has 6 nitrogen and oxygen atoms in total. The number of carbonyl (C=O) groups excluding carboxylic acids is 1. The molecule has 1 amide bonds. The molecule has 2 atom stereocenters. The second-order valence-electron chi connectivity index (χ2n) is 7.41. The van der Waals surface area contributed by atoms with Crippen LogP contribution in [0.3, 0.4) is 0 Å². The number of rotatable bonds is 5. The molecule has 1 aromatic carbocycles. The van der Waals surface area contributed by atoms with Crippen LogP contribution in [-0.4, -0.2) is 50.9 Å². The maximum atomic E-state index is 13.1. The van der Waals surface area contributed by atoms with E-state index in [2.05, 4.69) is 10.0 Å². The molecule has 1 aromatic rings. The maximum absolute atomic E-state index is 13.1. The molecule has 0 radical (unpaired) electrons. The summed E-state index contributed by atoms with van der Waals surface area (Å²) in [5, 5.41) is 3.38. The minimum absolute atomic E-state index is 0.0459. The van der Waals surface area contributed by atoms with E-state index >= 15 is 0 Å². The molecule has 2 saturated heterocycles. The summed E-state index contributed by atoms with van der Waals surface area (Å²) in [6, 6.07) is 6.95. The topological polar surface area (TPSA) is 78.5 Å². The van der Waals surface area contributed by atoms with Crippen LogP contribution in [0.4, 0.5) is 0 Å². The first-order valence-corrected chi connectivity index (χ1v) is 10.7. The van der Waals surface area contributed by atoms with Gasteiger partial charge in [0.05, 0.1) is 4.90 Å². The zero-order valence-corrected chi connectivity index (χ0v) is 15.1. The number of nitrogens with zero attached hydrogens (tertiary/aromatic N) is 1. The lowest BCUT2D eigenvalue weighted by Gasteiger charge is -2.28. The van der Waals surface area contributed by atoms with Crippen LogP contribution in [0.15, 0.2) is 29.2 Å². The van der Waals surface area contributed by atoms with Gasteiger partial charge in [0.2, 0.25) is 10.0 Å². The van der Waals surface area contributed by atoms with Crippen molar-refractivity contribution in [1.82, 2.24) is 14.9 Å². The highest BCUT2D eigenvalue weighted by molar-refractivity contribution is 7.89. The molecule has 2 N–H and O–H groups in total. The summed E-state index contributed by atoms with van der Waals surface area (Å²) in [4.78, 5) is 15.2. The van der Waals surface area contributed by atoms with E-state index in [1.165, 1.54) is 6.07 Å². The zero-order chi connectivity index (χ0) is 17.4. The third kappa shape index (κ3) is 3.59. The molecule has 2 bridgehead atoms. The van der Waals surface area contributed by atoms with Gasteiger partial charge in [-0.2, -0.15) is 0 Å². The summed E-state index contributed by atoms with van der Waals surface area (Å²) in [7, 11) is -3.55. The van der Waals surface area contributed by atoms with Gasteiger partial charge in [0.1, 0.15) is 0 Å². The SMILES string of the molecule is O=C(c1cccc(S(=O)(=O)NCC2CC2)c1)N1C2CCNCC1CC2. The summed E-state index contributed by atoms with van der Waals surface area (Å²) >= 11 is 0. The molecule has 0 spiro atoms. The highest BCUT2D eigenvalue weighted by Crippen LogP contribution is 2.30. The number of carbonyl (C=O) groups is 1. The molecule has 2 unspecified atom stereocenters. The Morgan fingerprint density at radius 3 is 2.76 bits per heavy atom. The summed E-state index contributed by atoms with van der Waals surface area (Å²) in [6.45, 7) is 2.25. The van der Waals surface area contributed by atoms with Gasteiger partial charge in [0.25, 0.3) is 5.91 Å². The van der Waals surface area contributed by atoms with Crippen molar-refractivity contribution >= 4 is 15.9 Å². The molecule has 4 rings (SSSR count). The second kappa shape index (κ2) is 6.70. The lowest BCUT2D eigenvalue weighted by molar-refractivity contribution is 0.0680. The Bertz CT molecular complexity index is 747. The molecular formula is C18H25N3O3S. The van der Waals surface area contributed by atoms with Crippen LogP contribution in [-0.2, 0) is 10.0 Å². The number of amides is 1. The van der Waals surface area contributed by atoms with Crippen LogP contribution >= 0.6 is 0 Å². The largest absolute Gasteiger partial charge is 0.331 e. The van der Waals surface area contributed by atoms with Gasteiger partial charge in [-0.3, -0.25) is 4.79 Å². The summed E-state index contributed by atoms with van der Waals surface area (Å²) in [6.07, 6.45) is 5.20. The Hall–Kier alpha value is -1.44. The van der Waals surface area contributed by atoms with E-state index < -0.39 is 10.0 Å². The third-order valence-electron chi connectivity index (χ3n) is 5.54. The molecule has 0 aromatic heterocycles. The molecule has 25 heavy (non-hydrogen) atoms. The third-order valence-corrected chi connectivity index (χ3v) is 6.96. The Morgan fingerprint density at radius 2 is 1.96 bits per heavy atom. The molecule has 1 saturated carbocycles. The first-order chi connectivity index (χ1) is 12.0. The van der Waals surface area contributed by atoms with Crippen molar-refractivity contribution < 1.29 is 13.2 Å². The average Bonchev–Trinajstić information content (AvgIpc) is 3.37. The van der Waals surface area contributed by atoms with Gasteiger partial charge in [0.15, 0.2) is 0 Å². The van der Waals surface area contributed by atoms with Crippen LogP contribution in [0.5, 0.6) is 0 Å². The number of sulfonamides is 1. The summed E-state index contributed by atoms with van der Waals surface area (Å²) in [5.41, 5.74) is 0.466. The lowest BCUT2D eigenvalue weighted by Crippen LogP contribution is -2.42. The number of hydrogen-bond acceptors (Lipinski definition) is 4. The highest BCUT2D eigenvalue weighted by Gasteiger charge is 2.38. The van der Waals surface area contributed by atoms with Crippen LogP contribution < -0.4 is 10.0 Å². The number of nitrogens with one attached hydrogen (secondary N) is 2. The van der Waals surface area contributed by atoms with E-state index in [4.69, 9.17) is 0 Å². The van der Waals surface area contributed by atoms with Crippen molar-refractivity contribution in [1.29, 1.82) is 0 Å². The summed E-state index contributed by atoms with van der Waals surface area (Å²) < 4.78 is 27.6. The van der Waals surface area contributed by atoms with Gasteiger partial charge in [-0.15, -0.1) is 0 Å². The summed E-state index contributed by atoms with van der Waals surface area (Å²) in [5.74, 6) is 0.426.